The summed E-state index contributed by atoms with van der Waals surface area (Å²) in [5.74, 6) is -0.239. The summed E-state index contributed by atoms with van der Waals surface area (Å²) in [6, 6.07) is 20.9. The van der Waals surface area contributed by atoms with Crippen LogP contribution in [0.1, 0.15) is 17.0 Å². The van der Waals surface area contributed by atoms with Crippen molar-refractivity contribution < 1.29 is 28.1 Å². The normalized spacial score (nSPS) is 12.1. The average molecular weight is 483 g/mol. The minimum absolute atomic E-state index is 0.0333. The molecule has 5 N–H and O–H groups in total. The molecular formula is C26H24F3N3O3. The summed E-state index contributed by atoms with van der Waals surface area (Å²) in [6.07, 6.45) is -3.36. The third-order valence-corrected chi connectivity index (χ3v) is 5.66. The van der Waals surface area contributed by atoms with Gasteiger partial charge >= 0.3 is 6.18 Å². The second-order valence-electron chi connectivity index (χ2n) is 8.18. The highest BCUT2D eigenvalue weighted by atomic mass is 19.4. The zero-order valence-electron chi connectivity index (χ0n) is 18.6. The molecule has 35 heavy (non-hydrogen) atoms. The Kier molecular flexibility index (Phi) is 6.93. The van der Waals surface area contributed by atoms with Crippen LogP contribution in [-0.4, -0.2) is 33.4 Å². The zero-order valence-corrected chi connectivity index (χ0v) is 18.6. The molecule has 1 heterocycles. The van der Waals surface area contributed by atoms with Gasteiger partial charge in [-0.3, -0.25) is 0 Å². The van der Waals surface area contributed by atoms with Gasteiger partial charge in [-0.25, -0.2) is 4.98 Å². The molecule has 0 radical (unpaired) electrons. The third kappa shape index (κ3) is 5.37. The van der Waals surface area contributed by atoms with Gasteiger partial charge in [-0.2, -0.15) is 13.2 Å². The van der Waals surface area contributed by atoms with E-state index in [9.17, 15) is 23.4 Å². The molecule has 0 unspecified atom stereocenters. The highest BCUT2D eigenvalue weighted by Crippen LogP contribution is 2.39. The molecule has 0 spiro atoms. The molecule has 4 rings (SSSR count). The molecule has 0 aliphatic rings. The number of rotatable bonds is 8. The number of hydrogen-bond acceptors (Lipinski definition) is 5. The van der Waals surface area contributed by atoms with Crippen LogP contribution in [0.15, 0.2) is 79.0 Å². The van der Waals surface area contributed by atoms with E-state index in [0.717, 1.165) is 22.8 Å². The Labute approximate surface area is 199 Å². The van der Waals surface area contributed by atoms with Crippen LogP contribution in [0.25, 0.3) is 22.4 Å². The minimum Gasteiger partial charge on any atom is -0.488 e. The summed E-state index contributed by atoms with van der Waals surface area (Å²) >= 11 is 0. The lowest BCUT2D eigenvalue weighted by Gasteiger charge is -2.21. The van der Waals surface area contributed by atoms with Gasteiger partial charge < -0.3 is 25.7 Å². The molecule has 0 fully saturated rings. The number of aliphatic hydroxyl groups excluding tert-OH is 2. The largest absolute Gasteiger partial charge is 0.488 e. The topological polar surface area (TPSA) is 104 Å². The Hall–Kier alpha value is -3.66. The lowest BCUT2D eigenvalue weighted by molar-refractivity contribution is -0.139. The highest BCUT2D eigenvalue weighted by molar-refractivity contribution is 5.64. The average Bonchev–Trinajstić information content (AvgIpc) is 3.38. The smallest absolute Gasteiger partial charge is 0.419 e. The van der Waals surface area contributed by atoms with Crippen molar-refractivity contribution in [3.8, 4) is 28.1 Å². The van der Waals surface area contributed by atoms with Crippen molar-refractivity contribution >= 4 is 0 Å². The molecule has 1 aromatic heterocycles. The van der Waals surface area contributed by atoms with E-state index in [-0.39, 0.29) is 29.4 Å². The van der Waals surface area contributed by atoms with Gasteiger partial charge in [0.05, 0.1) is 30.7 Å². The van der Waals surface area contributed by atoms with E-state index in [4.69, 9.17) is 10.5 Å². The van der Waals surface area contributed by atoms with E-state index >= 15 is 0 Å². The van der Waals surface area contributed by atoms with Crippen LogP contribution < -0.4 is 10.5 Å². The van der Waals surface area contributed by atoms with Gasteiger partial charge in [-0.15, -0.1) is 0 Å². The molecule has 9 heteroatoms. The Bertz CT molecular complexity index is 1270. The number of hydrogen-bond donors (Lipinski definition) is 4. The van der Waals surface area contributed by atoms with Crippen LogP contribution in [0.2, 0.25) is 0 Å². The fraction of sp³-hybridized carbons (Fsp3) is 0.192. The molecule has 182 valence electrons. The Morgan fingerprint density at radius 2 is 1.49 bits per heavy atom. The van der Waals surface area contributed by atoms with Crippen molar-refractivity contribution in [2.75, 3.05) is 13.2 Å². The van der Waals surface area contributed by atoms with Gasteiger partial charge in [0.15, 0.2) is 0 Å². The van der Waals surface area contributed by atoms with E-state index in [1.807, 2.05) is 54.6 Å². The van der Waals surface area contributed by atoms with Crippen LogP contribution in [-0.2, 0) is 18.3 Å². The first-order chi connectivity index (χ1) is 16.7. The number of nitrogens with zero attached hydrogens (tertiary/aromatic N) is 1. The first kappa shape index (κ1) is 24.5. The second-order valence-corrected chi connectivity index (χ2v) is 8.18. The Balaban J connectivity index is 1.55. The lowest BCUT2D eigenvalue weighted by atomic mass is 10.0. The standard InChI is InChI=1S/C26H24F3N3O3/c27-26(28,29)21-12-20(22-13-31-24(32-22)25(30,15-33)16-34)10-11-23(21)35-14-17-6-8-19(9-7-17)18-4-2-1-3-5-18/h1-13,33-34H,14-16,30H2,(H,31,32). The van der Waals surface area contributed by atoms with E-state index < -0.39 is 30.5 Å². The molecule has 3 aromatic carbocycles. The van der Waals surface area contributed by atoms with Gasteiger partial charge in [-0.05, 0) is 34.9 Å². The fourth-order valence-electron chi connectivity index (χ4n) is 3.55. The number of H-pyrrole nitrogens is 1. The summed E-state index contributed by atoms with van der Waals surface area (Å²) in [6.45, 7) is -1.22. The quantitative estimate of drug-likeness (QED) is 0.296. The number of imidazole rings is 1. The van der Waals surface area contributed by atoms with E-state index in [1.165, 1.54) is 18.3 Å². The van der Waals surface area contributed by atoms with Crippen LogP contribution in [0.4, 0.5) is 13.2 Å². The van der Waals surface area contributed by atoms with E-state index in [1.54, 1.807) is 0 Å². The maximum atomic E-state index is 13.8. The van der Waals surface area contributed by atoms with Gasteiger partial charge in [0.1, 0.15) is 23.7 Å². The molecule has 0 saturated heterocycles. The van der Waals surface area contributed by atoms with Crippen molar-refractivity contribution in [3.63, 3.8) is 0 Å². The minimum atomic E-state index is -4.65. The number of halogens is 3. The number of aromatic amines is 1. The molecule has 0 aliphatic heterocycles. The molecule has 0 bridgehead atoms. The number of aromatic nitrogens is 2. The Morgan fingerprint density at radius 3 is 2.11 bits per heavy atom. The van der Waals surface area contributed by atoms with Crippen molar-refractivity contribution in [2.24, 2.45) is 5.73 Å². The molecule has 6 nitrogen and oxygen atoms in total. The third-order valence-electron chi connectivity index (χ3n) is 5.66. The molecule has 4 aromatic rings. The second kappa shape index (κ2) is 9.91. The van der Waals surface area contributed by atoms with Crippen LogP contribution in [0, 0.1) is 0 Å². The van der Waals surface area contributed by atoms with E-state index in [0.29, 0.717) is 0 Å². The number of nitrogens with two attached hydrogens (primary N) is 1. The van der Waals surface area contributed by atoms with Gasteiger partial charge in [0.25, 0.3) is 0 Å². The van der Waals surface area contributed by atoms with Crippen molar-refractivity contribution in [2.45, 2.75) is 18.3 Å². The SMILES string of the molecule is NC(CO)(CO)c1ncc(-c2ccc(OCc3ccc(-c4ccccc4)cc3)c(C(F)(F)F)c2)[nH]1. The summed E-state index contributed by atoms with van der Waals surface area (Å²) < 4.78 is 47.0. The number of nitrogens with one attached hydrogen (secondary N) is 1. The molecule has 0 aliphatic carbocycles. The van der Waals surface area contributed by atoms with Crippen molar-refractivity contribution in [1.29, 1.82) is 0 Å². The summed E-state index contributed by atoms with van der Waals surface area (Å²) in [5, 5.41) is 18.8. The van der Waals surface area contributed by atoms with E-state index in [2.05, 4.69) is 9.97 Å². The van der Waals surface area contributed by atoms with Crippen LogP contribution in [0.3, 0.4) is 0 Å². The Morgan fingerprint density at radius 1 is 0.857 bits per heavy atom. The molecule has 0 amide bonds. The van der Waals surface area contributed by atoms with Crippen LogP contribution >= 0.6 is 0 Å². The van der Waals surface area contributed by atoms with Crippen molar-refractivity contribution in [3.05, 3.63) is 95.9 Å². The van der Waals surface area contributed by atoms with Gasteiger partial charge in [-0.1, -0.05) is 54.6 Å². The predicted molar refractivity (Wildman–Crippen MR) is 125 cm³/mol. The lowest BCUT2D eigenvalue weighted by Crippen LogP contribution is -2.45. The number of aliphatic hydroxyl groups is 2. The predicted octanol–water partition coefficient (Wildman–Crippen LogP) is 4.48. The molecule has 0 saturated carbocycles. The zero-order chi connectivity index (χ0) is 25.1. The molecular weight excluding hydrogens is 459 g/mol. The fourth-order valence-corrected chi connectivity index (χ4v) is 3.55. The van der Waals surface area contributed by atoms with Gasteiger partial charge in [0.2, 0.25) is 0 Å². The summed E-state index contributed by atoms with van der Waals surface area (Å²) in [7, 11) is 0. The number of alkyl halides is 3. The summed E-state index contributed by atoms with van der Waals surface area (Å²) in [5.41, 5.74) is 6.63. The first-order valence-corrected chi connectivity index (χ1v) is 10.8. The first-order valence-electron chi connectivity index (χ1n) is 10.8. The maximum Gasteiger partial charge on any atom is 0.419 e. The van der Waals surface area contributed by atoms with Crippen LogP contribution in [0.5, 0.6) is 5.75 Å². The van der Waals surface area contributed by atoms with Gasteiger partial charge in [0, 0.05) is 5.56 Å². The number of ether oxygens (including phenoxy) is 1. The maximum absolute atomic E-state index is 13.8. The monoisotopic (exact) mass is 483 g/mol. The highest BCUT2D eigenvalue weighted by Gasteiger charge is 2.35. The van der Waals surface area contributed by atoms with Crippen molar-refractivity contribution in [1.82, 2.24) is 9.97 Å². The molecule has 0 atom stereocenters. The summed E-state index contributed by atoms with van der Waals surface area (Å²) in [4.78, 5) is 6.79. The number of benzene rings is 3.